The van der Waals surface area contributed by atoms with E-state index in [2.05, 4.69) is 17.4 Å². The van der Waals surface area contributed by atoms with Crippen LogP contribution in [0.25, 0.3) is 0 Å². The molecule has 0 aliphatic heterocycles. The van der Waals surface area contributed by atoms with E-state index in [1.54, 1.807) is 12.1 Å². The quantitative estimate of drug-likeness (QED) is 0.838. The highest BCUT2D eigenvalue weighted by Crippen LogP contribution is 2.26. The smallest absolute Gasteiger partial charge is 0.228 e. The van der Waals surface area contributed by atoms with E-state index in [1.807, 2.05) is 6.07 Å². The average Bonchev–Trinajstić information content (AvgIpc) is 2.51. The zero-order valence-corrected chi connectivity index (χ0v) is 13.0. The molecular weight excluding hydrogens is 298 g/mol. The van der Waals surface area contributed by atoms with Crippen LogP contribution < -0.4 is 5.32 Å². The van der Waals surface area contributed by atoms with Crippen LogP contribution in [0.4, 0.5) is 5.69 Å². The number of halogens is 1. The van der Waals surface area contributed by atoms with Crippen LogP contribution in [0.15, 0.2) is 36.4 Å². The first kappa shape index (κ1) is 14.9. The minimum atomic E-state index is -0.0856. The molecule has 3 nitrogen and oxygen atoms in total. The van der Waals surface area contributed by atoms with E-state index in [0.29, 0.717) is 12.1 Å². The molecule has 2 aromatic carbocycles. The first-order valence-corrected chi connectivity index (χ1v) is 7.88. The molecule has 3 rings (SSSR count). The van der Waals surface area contributed by atoms with Gasteiger partial charge >= 0.3 is 0 Å². The Balaban J connectivity index is 1.67. The zero-order chi connectivity index (χ0) is 15.5. The Kier molecular flexibility index (Phi) is 4.34. The molecule has 0 radical (unpaired) electrons. The van der Waals surface area contributed by atoms with Gasteiger partial charge in [0, 0.05) is 5.69 Å². The number of carbonyl (C=O) groups is 1. The van der Waals surface area contributed by atoms with Crippen LogP contribution in [0.3, 0.4) is 0 Å². The van der Waals surface area contributed by atoms with Crippen molar-refractivity contribution in [2.45, 2.75) is 32.1 Å². The van der Waals surface area contributed by atoms with Crippen LogP contribution in [-0.2, 0) is 24.1 Å². The second kappa shape index (κ2) is 6.41. The number of hydrogen-bond donors (Lipinski definition) is 2. The number of hydrogen-bond acceptors (Lipinski definition) is 2. The van der Waals surface area contributed by atoms with E-state index < -0.39 is 0 Å². The Labute approximate surface area is 134 Å². The molecule has 2 N–H and O–H groups in total. The predicted octanol–water partition coefficient (Wildman–Crippen LogP) is 4.11. The molecule has 2 aromatic rings. The lowest BCUT2D eigenvalue weighted by molar-refractivity contribution is -0.115. The SMILES string of the molecule is O=C(Cc1ccc2c(c1)CCCC2)Nc1ccc(O)c(Cl)c1. The number of aryl methyl sites for hydroxylation is 2. The molecule has 0 atom stereocenters. The van der Waals surface area contributed by atoms with Gasteiger partial charge in [-0.2, -0.15) is 0 Å². The molecule has 22 heavy (non-hydrogen) atoms. The van der Waals surface area contributed by atoms with Crippen molar-refractivity contribution in [3.05, 3.63) is 58.1 Å². The Bertz CT molecular complexity index is 712. The summed E-state index contributed by atoms with van der Waals surface area (Å²) in [7, 11) is 0. The van der Waals surface area contributed by atoms with Crippen molar-refractivity contribution in [3.63, 3.8) is 0 Å². The van der Waals surface area contributed by atoms with Gasteiger partial charge in [-0.25, -0.2) is 0 Å². The van der Waals surface area contributed by atoms with Gasteiger partial charge in [-0.3, -0.25) is 4.79 Å². The van der Waals surface area contributed by atoms with Gasteiger partial charge in [0.2, 0.25) is 5.91 Å². The number of amides is 1. The maximum Gasteiger partial charge on any atom is 0.228 e. The first-order valence-electron chi connectivity index (χ1n) is 7.51. The number of phenols is 1. The summed E-state index contributed by atoms with van der Waals surface area (Å²) in [6.45, 7) is 0. The van der Waals surface area contributed by atoms with E-state index in [9.17, 15) is 9.90 Å². The van der Waals surface area contributed by atoms with Crippen molar-refractivity contribution in [1.29, 1.82) is 0 Å². The van der Waals surface area contributed by atoms with Gasteiger partial charge in [-0.15, -0.1) is 0 Å². The molecule has 0 saturated carbocycles. The maximum atomic E-state index is 12.1. The molecule has 0 unspecified atom stereocenters. The van der Waals surface area contributed by atoms with E-state index in [0.717, 1.165) is 18.4 Å². The van der Waals surface area contributed by atoms with Gasteiger partial charge in [0.25, 0.3) is 0 Å². The molecule has 1 aliphatic rings. The third-order valence-electron chi connectivity index (χ3n) is 4.01. The normalized spacial score (nSPS) is 13.5. The van der Waals surface area contributed by atoms with Gasteiger partial charge in [-0.05, 0) is 60.6 Å². The summed E-state index contributed by atoms with van der Waals surface area (Å²) in [4.78, 5) is 12.1. The van der Waals surface area contributed by atoms with Gasteiger partial charge in [0.15, 0.2) is 0 Å². The average molecular weight is 316 g/mol. The Morgan fingerprint density at radius 3 is 2.64 bits per heavy atom. The summed E-state index contributed by atoms with van der Waals surface area (Å²) in [5.74, 6) is -0.0770. The number of anilines is 1. The number of benzene rings is 2. The van der Waals surface area contributed by atoms with Crippen LogP contribution >= 0.6 is 11.6 Å². The van der Waals surface area contributed by atoms with Crippen molar-refractivity contribution >= 4 is 23.2 Å². The highest BCUT2D eigenvalue weighted by molar-refractivity contribution is 6.32. The minimum absolute atomic E-state index is 0.00866. The molecule has 4 heteroatoms. The number of rotatable bonds is 3. The van der Waals surface area contributed by atoms with E-state index in [1.165, 1.54) is 30.0 Å². The number of carbonyl (C=O) groups excluding carboxylic acids is 1. The van der Waals surface area contributed by atoms with Crippen molar-refractivity contribution in [2.75, 3.05) is 5.32 Å². The minimum Gasteiger partial charge on any atom is -0.506 e. The molecule has 0 aromatic heterocycles. The third kappa shape index (κ3) is 3.42. The maximum absolute atomic E-state index is 12.1. The fourth-order valence-corrected chi connectivity index (χ4v) is 3.05. The molecule has 0 spiro atoms. The Morgan fingerprint density at radius 2 is 1.86 bits per heavy atom. The monoisotopic (exact) mass is 315 g/mol. The van der Waals surface area contributed by atoms with Gasteiger partial charge in [-0.1, -0.05) is 29.8 Å². The summed E-state index contributed by atoms with van der Waals surface area (Å²) >= 11 is 5.84. The number of fused-ring (bicyclic) bond motifs is 1. The highest BCUT2D eigenvalue weighted by atomic mass is 35.5. The number of nitrogens with one attached hydrogen (secondary N) is 1. The molecular formula is C18H18ClNO2. The second-order valence-electron chi connectivity index (χ2n) is 5.70. The standard InChI is InChI=1S/C18H18ClNO2/c19-16-11-15(7-8-17(16)21)20-18(22)10-12-5-6-13-3-1-2-4-14(13)9-12/h5-9,11,21H,1-4,10H2,(H,20,22). The molecule has 114 valence electrons. The topological polar surface area (TPSA) is 49.3 Å². The molecule has 1 aliphatic carbocycles. The first-order chi connectivity index (χ1) is 10.6. The van der Waals surface area contributed by atoms with Crippen LogP contribution in [0, 0.1) is 0 Å². The van der Waals surface area contributed by atoms with Crippen LogP contribution in [0.2, 0.25) is 5.02 Å². The van der Waals surface area contributed by atoms with Crippen LogP contribution in [0.5, 0.6) is 5.75 Å². The van der Waals surface area contributed by atoms with Gasteiger partial charge in [0.1, 0.15) is 5.75 Å². The summed E-state index contributed by atoms with van der Waals surface area (Å²) in [5, 5.41) is 12.4. The second-order valence-corrected chi connectivity index (χ2v) is 6.11. The van der Waals surface area contributed by atoms with Gasteiger partial charge < -0.3 is 10.4 Å². The Morgan fingerprint density at radius 1 is 1.09 bits per heavy atom. The molecule has 0 fully saturated rings. The lowest BCUT2D eigenvalue weighted by atomic mass is 9.90. The third-order valence-corrected chi connectivity index (χ3v) is 4.31. The van der Waals surface area contributed by atoms with Crippen molar-refractivity contribution < 1.29 is 9.90 Å². The molecule has 1 amide bonds. The fourth-order valence-electron chi connectivity index (χ4n) is 2.87. The zero-order valence-electron chi connectivity index (χ0n) is 12.2. The van der Waals surface area contributed by atoms with Crippen molar-refractivity contribution in [2.24, 2.45) is 0 Å². The van der Waals surface area contributed by atoms with Crippen molar-refractivity contribution in [1.82, 2.24) is 0 Å². The summed E-state index contributed by atoms with van der Waals surface area (Å²) in [5.41, 5.74) is 4.42. The number of aromatic hydroxyl groups is 1. The van der Waals surface area contributed by atoms with E-state index in [4.69, 9.17) is 11.6 Å². The molecule has 0 heterocycles. The highest BCUT2D eigenvalue weighted by Gasteiger charge is 2.11. The summed E-state index contributed by atoms with van der Waals surface area (Å²) in [6, 6.07) is 11.0. The van der Waals surface area contributed by atoms with Crippen LogP contribution in [0.1, 0.15) is 29.5 Å². The summed E-state index contributed by atoms with van der Waals surface area (Å²) < 4.78 is 0. The molecule has 0 saturated heterocycles. The van der Waals surface area contributed by atoms with Gasteiger partial charge in [0.05, 0.1) is 11.4 Å². The van der Waals surface area contributed by atoms with Crippen molar-refractivity contribution in [3.8, 4) is 5.75 Å². The van der Waals surface area contributed by atoms with E-state index >= 15 is 0 Å². The fraction of sp³-hybridized carbons (Fsp3) is 0.278. The predicted molar refractivity (Wildman–Crippen MR) is 88.5 cm³/mol. The molecule has 0 bridgehead atoms. The largest absolute Gasteiger partial charge is 0.506 e. The Hall–Kier alpha value is -2.00. The van der Waals surface area contributed by atoms with Crippen LogP contribution in [-0.4, -0.2) is 11.0 Å². The lowest BCUT2D eigenvalue weighted by Gasteiger charge is -2.16. The lowest BCUT2D eigenvalue weighted by Crippen LogP contribution is -2.15. The van der Waals surface area contributed by atoms with E-state index in [-0.39, 0.29) is 16.7 Å². The number of phenolic OH excluding ortho intramolecular Hbond substituents is 1. The summed E-state index contributed by atoms with van der Waals surface area (Å²) in [6.07, 6.45) is 5.08.